The highest BCUT2D eigenvalue weighted by Crippen LogP contribution is 2.23. The number of hydrogen-bond acceptors (Lipinski definition) is 5. The minimum absolute atomic E-state index is 0.616. The van der Waals surface area contributed by atoms with Gasteiger partial charge in [0.15, 0.2) is 0 Å². The number of para-hydroxylation sites is 1. The minimum atomic E-state index is 0.616. The average Bonchev–Trinajstić information content (AvgIpc) is 2.53. The monoisotopic (exact) mass is 280 g/mol. The number of methoxy groups -OCH3 is 1. The van der Waals surface area contributed by atoms with Crippen molar-refractivity contribution in [3.8, 4) is 5.75 Å². The van der Waals surface area contributed by atoms with Gasteiger partial charge in [0.2, 0.25) is 0 Å². The largest absolute Gasteiger partial charge is 0.496 e. The fourth-order valence-corrected chi connectivity index (χ4v) is 2.24. The van der Waals surface area contributed by atoms with Gasteiger partial charge in [-0.3, -0.25) is 0 Å². The molecule has 0 aliphatic rings. The highest BCUT2D eigenvalue weighted by molar-refractivity contribution is 5.91. The fraction of sp³-hybridized carbons (Fsp3) is 0.125. The van der Waals surface area contributed by atoms with Crippen molar-refractivity contribution < 1.29 is 4.74 Å². The number of nitrogens with one attached hydrogen (secondary N) is 1. The molecular formula is C16H16N4O. The first-order valence-corrected chi connectivity index (χ1v) is 6.64. The van der Waals surface area contributed by atoms with Crippen LogP contribution in [0.1, 0.15) is 5.56 Å². The van der Waals surface area contributed by atoms with Gasteiger partial charge in [-0.15, -0.1) is 0 Å². The van der Waals surface area contributed by atoms with E-state index in [9.17, 15) is 0 Å². The molecule has 0 aliphatic carbocycles. The van der Waals surface area contributed by atoms with Crippen molar-refractivity contribution in [3.05, 3.63) is 54.4 Å². The molecule has 2 aromatic carbocycles. The van der Waals surface area contributed by atoms with E-state index >= 15 is 0 Å². The summed E-state index contributed by atoms with van der Waals surface area (Å²) in [5, 5.41) is 4.23. The molecule has 21 heavy (non-hydrogen) atoms. The summed E-state index contributed by atoms with van der Waals surface area (Å²) in [7, 11) is 1.67. The molecule has 5 nitrogen and oxygen atoms in total. The number of nitrogens with zero attached hydrogens (tertiary/aromatic N) is 2. The van der Waals surface area contributed by atoms with Gasteiger partial charge in [-0.1, -0.05) is 18.2 Å². The predicted molar refractivity (Wildman–Crippen MR) is 84.3 cm³/mol. The number of nitrogens with two attached hydrogens (primary N) is 1. The van der Waals surface area contributed by atoms with Gasteiger partial charge in [0.25, 0.3) is 0 Å². The van der Waals surface area contributed by atoms with Gasteiger partial charge in [0, 0.05) is 23.2 Å². The van der Waals surface area contributed by atoms with E-state index in [0.29, 0.717) is 12.2 Å². The number of rotatable bonds is 4. The van der Waals surface area contributed by atoms with Crippen LogP contribution in [0.4, 0.5) is 11.5 Å². The average molecular weight is 280 g/mol. The van der Waals surface area contributed by atoms with Crippen molar-refractivity contribution >= 4 is 22.4 Å². The van der Waals surface area contributed by atoms with Crippen LogP contribution in [0.5, 0.6) is 5.75 Å². The van der Waals surface area contributed by atoms with Gasteiger partial charge in [-0.25, -0.2) is 9.97 Å². The van der Waals surface area contributed by atoms with Crippen LogP contribution in [0.3, 0.4) is 0 Å². The Kier molecular flexibility index (Phi) is 3.55. The molecule has 0 saturated heterocycles. The number of aromatic nitrogens is 2. The number of nitrogen functional groups attached to an aromatic ring is 1. The molecule has 0 fully saturated rings. The second-order valence-corrected chi connectivity index (χ2v) is 4.66. The highest BCUT2D eigenvalue weighted by atomic mass is 16.5. The van der Waals surface area contributed by atoms with Crippen molar-refractivity contribution in [1.29, 1.82) is 0 Å². The zero-order chi connectivity index (χ0) is 14.7. The van der Waals surface area contributed by atoms with E-state index in [1.165, 1.54) is 0 Å². The Morgan fingerprint density at radius 3 is 2.86 bits per heavy atom. The summed E-state index contributed by atoms with van der Waals surface area (Å²) in [4.78, 5) is 8.54. The second-order valence-electron chi connectivity index (χ2n) is 4.66. The molecule has 0 amide bonds. The summed E-state index contributed by atoms with van der Waals surface area (Å²) in [6.07, 6.45) is 1.54. The number of benzene rings is 2. The Morgan fingerprint density at radius 2 is 2.00 bits per heavy atom. The number of ether oxygens (including phenoxy) is 1. The zero-order valence-electron chi connectivity index (χ0n) is 11.7. The van der Waals surface area contributed by atoms with Crippen molar-refractivity contribution in [2.45, 2.75) is 6.54 Å². The minimum Gasteiger partial charge on any atom is -0.496 e. The first kappa shape index (κ1) is 13.2. The van der Waals surface area contributed by atoms with Crippen molar-refractivity contribution in [1.82, 2.24) is 9.97 Å². The maximum Gasteiger partial charge on any atom is 0.137 e. The lowest BCUT2D eigenvalue weighted by Crippen LogP contribution is -2.04. The topological polar surface area (TPSA) is 73.1 Å². The van der Waals surface area contributed by atoms with E-state index in [1.807, 2.05) is 42.5 Å². The maximum atomic E-state index is 5.84. The molecule has 0 radical (unpaired) electrons. The summed E-state index contributed by atoms with van der Waals surface area (Å²) >= 11 is 0. The van der Waals surface area contributed by atoms with Crippen LogP contribution in [-0.2, 0) is 6.54 Å². The molecule has 0 unspecified atom stereocenters. The number of anilines is 2. The van der Waals surface area contributed by atoms with Crippen LogP contribution in [0.25, 0.3) is 10.9 Å². The normalized spacial score (nSPS) is 10.5. The number of hydrogen-bond donors (Lipinski definition) is 2. The lowest BCUT2D eigenvalue weighted by Gasteiger charge is -2.11. The Hall–Kier alpha value is -2.82. The number of fused-ring (bicyclic) bond motifs is 1. The van der Waals surface area contributed by atoms with Crippen LogP contribution in [0, 0.1) is 0 Å². The summed E-state index contributed by atoms with van der Waals surface area (Å²) in [5.41, 5.74) is 8.46. The van der Waals surface area contributed by atoms with Crippen LogP contribution in [0.15, 0.2) is 48.8 Å². The molecule has 1 aromatic heterocycles. The molecule has 106 valence electrons. The van der Waals surface area contributed by atoms with Gasteiger partial charge in [-0.2, -0.15) is 0 Å². The molecule has 0 spiro atoms. The SMILES string of the molecule is COc1ccccc1CNc1ncnc2ccc(N)cc12. The van der Waals surface area contributed by atoms with E-state index in [1.54, 1.807) is 13.4 Å². The standard InChI is InChI=1S/C16H16N4O/c1-21-15-5-3-2-4-11(15)9-18-16-13-8-12(17)6-7-14(13)19-10-20-16/h2-8,10H,9,17H2,1H3,(H,18,19,20). The maximum absolute atomic E-state index is 5.84. The first-order chi connectivity index (χ1) is 10.3. The van der Waals surface area contributed by atoms with Gasteiger partial charge in [0.1, 0.15) is 17.9 Å². The van der Waals surface area contributed by atoms with E-state index in [-0.39, 0.29) is 0 Å². The van der Waals surface area contributed by atoms with Crippen molar-refractivity contribution in [3.63, 3.8) is 0 Å². The third-order valence-corrected chi connectivity index (χ3v) is 3.30. The smallest absolute Gasteiger partial charge is 0.137 e. The predicted octanol–water partition coefficient (Wildman–Crippen LogP) is 2.83. The quantitative estimate of drug-likeness (QED) is 0.719. The van der Waals surface area contributed by atoms with E-state index < -0.39 is 0 Å². The highest BCUT2D eigenvalue weighted by Gasteiger charge is 2.06. The Balaban J connectivity index is 1.90. The van der Waals surface area contributed by atoms with E-state index in [4.69, 9.17) is 10.5 Å². The lowest BCUT2D eigenvalue weighted by atomic mass is 10.2. The molecular weight excluding hydrogens is 264 g/mol. The van der Waals surface area contributed by atoms with Crippen molar-refractivity contribution in [2.24, 2.45) is 0 Å². The molecule has 3 rings (SSSR count). The third kappa shape index (κ3) is 2.72. The van der Waals surface area contributed by atoms with Crippen LogP contribution in [0.2, 0.25) is 0 Å². The molecule has 0 atom stereocenters. The Labute approximate surface area is 122 Å². The Bertz CT molecular complexity index is 773. The summed E-state index contributed by atoms with van der Waals surface area (Å²) < 4.78 is 5.35. The molecule has 3 aromatic rings. The van der Waals surface area contributed by atoms with Gasteiger partial charge in [0.05, 0.1) is 12.6 Å². The third-order valence-electron chi connectivity index (χ3n) is 3.30. The summed E-state index contributed by atoms with van der Waals surface area (Å²) in [5.74, 6) is 1.61. The van der Waals surface area contributed by atoms with Crippen LogP contribution in [-0.4, -0.2) is 17.1 Å². The Morgan fingerprint density at radius 1 is 1.14 bits per heavy atom. The summed E-state index contributed by atoms with van der Waals surface area (Å²) in [6, 6.07) is 13.5. The van der Waals surface area contributed by atoms with E-state index in [0.717, 1.165) is 28.0 Å². The molecule has 0 saturated carbocycles. The molecule has 5 heteroatoms. The summed E-state index contributed by atoms with van der Waals surface area (Å²) in [6.45, 7) is 0.616. The van der Waals surface area contributed by atoms with Gasteiger partial charge in [-0.05, 0) is 24.3 Å². The second kappa shape index (κ2) is 5.66. The zero-order valence-corrected chi connectivity index (χ0v) is 11.7. The van der Waals surface area contributed by atoms with Crippen molar-refractivity contribution in [2.75, 3.05) is 18.2 Å². The molecule has 1 heterocycles. The first-order valence-electron chi connectivity index (χ1n) is 6.64. The lowest BCUT2D eigenvalue weighted by molar-refractivity contribution is 0.410. The van der Waals surface area contributed by atoms with Gasteiger partial charge < -0.3 is 15.8 Å². The molecule has 3 N–H and O–H groups in total. The van der Waals surface area contributed by atoms with Crippen LogP contribution >= 0.6 is 0 Å². The van der Waals surface area contributed by atoms with Crippen LogP contribution < -0.4 is 15.8 Å². The molecule has 0 aliphatic heterocycles. The van der Waals surface area contributed by atoms with E-state index in [2.05, 4.69) is 15.3 Å². The molecule has 0 bridgehead atoms. The fourth-order valence-electron chi connectivity index (χ4n) is 2.24. The van der Waals surface area contributed by atoms with Gasteiger partial charge >= 0.3 is 0 Å².